The summed E-state index contributed by atoms with van der Waals surface area (Å²) in [6.07, 6.45) is 4.34. The van der Waals surface area contributed by atoms with Crippen molar-refractivity contribution >= 4 is 10.9 Å². The van der Waals surface area contributed by atoms with Crippen molar-refractivity contribution < 1.29 is 5.11 Å². The topological polar surface area (TPSA) is 36.4 Å². The van der Waals surface area contributed by atoms with Gasteiger partial charge in [0, 0.05) is 34.9 Å². The highest BCUT2D eigenvalue weighted by atomic mass is 16.3. The first-order chi connectivity index (χ1) is 13.1. The Morgan fingerprint density at radius 2 is 1.85 bits per heavy atom. The van der Waals surface area contributed by atoms with Gasteiger partial charge in [-0.2, -0.15) is 0 Å². The summed E-state index contributed by atoms with van der Waals surface area (Å²) < 4.78 is 0. The van der Waals surface area contributed by atoms with Gasteiger partial charge in [0.2, 0.25) is 0 Å². The molecule has 136 valence electrons. The van der Waals surface area contributed by atoms with Crippen LogP contribution in [0.15, 0.2) is 48.5 Å². The fourth-order valence-electron chi connectivity index (χ4n) is 6.38. The Morgan fingerprint density at radius 1 is 1.00 bits per heavy atom. The molecule has 1 N–H and O–H groups in total. The quantitative estimate of drug-likeness (QED) is 0.665. The molecule has 2 atom stereocenters. The fraction of sp³-hybridized carbons (Fsp3) is 0.375. The van der Waals surface area contributed by atoms with Gasteiger partial charge in [0.1, 0.15) is 5.75 Å². The second-order valence-corrected chi connectivity index (χ2v) is 9.01. The van der Waals surface area contributed by atoms with Crippen molar-refractivity contribution in [2.45, 2.75) is 31.1 Å². The minimum Gasteiger partial charge on any atom is -0.508 e. The number of piperidine rings is 1. The molecule has 1 aromatic heterocycles. The average molecular weight is 356 g/mol. The van der Waals surface area contributed by atoms with Crippen LogP contribution in [0.4, 0.5) is 0 Å². The number of para-hydroxylation sites is 1. The Labute approximate surface area is 159 Å². The first-order valence-corrected chi connectivity index (χ1v) is 9.97. The normalized spacial score (nSPS) is 29.1. The Morgan fingerprint density at radius 3 is 2.78 bits per heavy atom. The molecular weight excluding hydrogens is 332 g/mol. The van der Waals surface area contributed by atoms with Crippen molar-refractivity contribution in [2.24, 2.45) is 5.41 Å². The molecule has 1 fully saturated rings. The highest BCUT2D eigenvalue weighted by Gasteiger charge is 2.61. The summed E-state index contributed by atoms with van der Waals surface area (Å²) in [6, 6.07) is 16.9. The third-order valence-corrected chi connectivity index (χ3v) is 7.54. The number of fused-ring (bicyclic) bond motifs is 3. The predicted molar refractivity (Wildman–Crippen MR) is 107 cm³/mol. The Kier molecular flexibility index (Phi) is 2.96. The summed E-state index contributed by atoms with van der Waals surface area (Å²) in [5.74, 6) is 0.398. The number of pyridine rings is 1. The number of rotatable bonds is 0. The molecule has 0 amide bonds. The highest BCUT2D eigenvalue weighted by molar-refractivity contribution is 5.79. The molecule has 0 bridgehead atoms. The van der Waals surface area contributed by atoms with Crippen LogP contribution in [0.25, 0.3) is 10.9 Å². The summed E-state index contributed by atoms with van der Waals surface area (Å²) in [5.41, 5.74) is 6.93. The Balaban J connectivity index is 1.60. The van der Waals surface area contributed by atoms with Gasteiger partial charge in [-0.15, -0.1) is 0 Å². The first kappa shape index (κ1) is 15.6. The van der Waals surface area contributed by atoms with E-state index in [1.165, 1.54) is 27.8 Å². The number of aromatic hydroxyl groups is 1. The largest absolute Gasteiger partial charge is 0.508 e. The molecule has 2 aliphatic carbocycles. The number of likely N-dealkylation sites (tertiary alicyclic amines) is 1. The second kappa shape index (κ2) is 5.11. The summed E-state index contributed by atoms with van der Waals surface area (Å²) in [7, 11) is 2.26. The van der Waals surface area contributed by atoms with E-state index in [9.17, 15) is 5.11 Å². The molecular formula is C24H24N2O. The Hall–Kier alpha value is -2.39. The van der Waals surface area contributed by atoms with E-state index in [2.05, 4.69) is 54.4 Å². The molecule has 0 spiro atoms. The van der Waals surface area contributed by atoms with Crippen LogP contribution in [0.1, 0.15) is 28.8 Å². The van der Waals surface area contributed by atoms with Crippen molar-refractivity contribution in [3.05, 3.63) is 70.9 Å². The van der Waals surface area contributed by atoms with E-state index in [-0.39, 0.29) is 10.8 Å². The van der Waals surface area contributed by atoms with Gasteiger partial charge < -0.3 is 10.0 Å². The van der Waals surface area contributed by atoms with E-state index < -0.39 is 0 Å². The number of hydrogen-bond donors (Lipinski definition) is 1. The van der Waals surface area contributed by atoms with Crippen LogP contribution in [-0.2, 0) is 24.7 Å². The van der Waals surface area contributed by atoms with Crippen LogP contribution >= 0.6 is 0 Å². The Bertz CT molecular complexity index is 1090. The SMILES string of the molecule is CN1CC[C@]23Cc4nc5ccccc5cc4C[C@]2(Cc2ccc(O)cc23)C1. The molecule has 3 heteroatoms. The van der Waals surface area contributed by atoms with Crippen LogP contribution < -0.4 is 0 Å². The van der Waals surface area contributed by atoms with E-state index >= 15 is 0 Å². The molecule has 2 aromatic carbocycles. The lowest BCUT2D eigenvalue weighted by atomic mass is 9.52. The van der Waals surface area contributed by atoms with E-state index in [0.29, 0.717) is 5.75 Å². The standard InChI is InChI=1S/C24H24N2O/c1-26-9-8-24-14-22-18(10-16-4-2-3-5-21(16)25-22)13-23(24,15-26)12-17-6-7-19(27)11-20(17)24/h2-7,10-11,27H,8-9,12-15H2,1H3/t23-,24-/m1/s1. The summed E-state index contributed by atoms with van der Waals surface area (Å²) >= 11 is 0. The molecule has 1 aliphatic heterocycles. The molecule has 0 radical (unpaired) electrons. The summed E-state index contributed by atoms with van der Waals surface area (Å²) in [5, 5.41) is 11.5. The molecule has 3 nitrogen and oxygen atoms in total. The van der Waals surface area contributed by atoms with Crippen molar-refractivity contribution in [3.63, 3.8) is 0 Å². The van der Waals surface area contributed by atoms with Crippen LogP contribution in [0, 0.1) is 5.41 Å². The highest BCUT2D eigenvalue weighted by Crippen LogP contribution is 2.61. The molecule has 0 saturated carbocycles. The van der Waals surface area contributed by atoms with Gasteiger partial charge in [0.25, 0.3) is 0 Å². The smallest absolute Gasteiger partial charge is 0.115 e. The fourth-order valence-corrected chi connectivity index (χ4v) is 6.38. The lowest BCUT2D eigenvalue weighted by molar-refractivity contribution is 0.0150. The monoisotopic (exact) mass is 356 g/mol. The summed E-state index contributed by atoms with van der Waals surface area (Å²) in [4.78, 5) is 7.60. The maximum atomic E-state index is 10.2. The van der Waals surface area contributed by atoms with Crippen LogP contribution in [0.3, 0.4) is 0 Å². The molecule has 1 saturated heterocycles. The molecule has 0 unspecified atom stereocenters. The van der Waals surface area contributed by atoms with Crippen LogP contribution in [-0.4, -0.2) is 35.1 Å². The lowest BCUT2D eigenvalue weighted by Gasteiger charge is -2.55. The predicted octanol–water partition coefficient (Wildman–Crippen LogP) is 3.86. The van der Waals surface area contributed by atoms with Gasteiger partial charge in [-0.1, -0.05) is 24.3 Å². The number of nitrogens with zero attached hydrogens (tertiary/aromatic N) is 2. The number of phenols is 1. The minimum atomic E-state index is 0.107. The van der Waals surface area contributed by atoms with Gasteiger partial charge in [0.15, 0.2) is 0 Å². The van der Waals surface area contributed by atoms with E-state index in [0.717, 1.165) is 44.3 Å². The molecule has 2 heterocycles. The van der Waals surface area contributed by atoms with Crippen LogP contribution in [0.2, 0.25) is 0 Å². The van der Waals surface area contributed by atoms with Crippen molar-refractivity contribution in [1.82, 2.24) is 9.88 Å². The zero-order valence-corrected chi connectivity index (χ0v) is 15.7. The summed E-state index contributed by atoms with van der Waals surface area (Å²) in [6.45, 7) is 2.23. The lowest BCUT2D eigenvalue weighted by Crippen LogP contribution is -2.59. The third kappa shape index (κ3) is 1.98. The van der Waals surface area contributed by atoms with Gasteiger partial charge in [0.05, 0.1) is 5.52 Å². The van der Waals surface area contributed by atoms with Crippen molar-refractivity contribution in [1.29, 1.82) is 0 Å². The maximum absolute atomic E-state index is 10.2. The molecule has 3 aromatic rings. The third-order valence-electron chi connectivity index (χ3n) is 7.54. The van der Waals surface area contributed by atoms with Gasteiger partial charge in [-0.25, -0.2) is 0 Å². The first-order valence-electron chi connectivity index (χ1n) is 9.97. The molecule has 6 rings (SSSR count). The van der Waals surface area contributed by atoms with Crippen molar-refractivity contribution in [3.8, 4) is 5.75 Å². The van der Waals surface area contributed by atoms with Crippen LogP contribution in [0.5, 0.6) is 5.75 Å². The number of hydrogen-bond acceptors (Lipinski definition) is 3. The maximum Gasteiger partial charge on any atom is 0.115 e. The number of benzene rings is 2. The van der Waals surface area contributed by atoms with Gasteiger partial charge in [-0.3, -0.25) is 4.98 Å². The van der Waals surface area contributed by atoms with E-state index in [1.54, 1.807) is 0 Å². The zero-order valence-electron chi connectivity index (χ0n) is 15.7. The average Bonchev–Trinajstić information content (AvgIpc) is 2.93. The second-order valence-electron chi connectivity index (χ2n) is 9.01. The molecule has 3 aliphatic rings. The molecule has 27 heavy (non-hydrogen) atoms. The van der Waals surface area contributed by atoms with Crippen molar-refractivity contribution in [2.75, 3.05) is 20.1 Å². The van der Waals surface area contributed by atoms with E-state index in [4.69, 9.17) is 4.98 Å². The number of phenolic OH excluding ortho intramolecular Hbond substituents is 1. The number of aromatic nitrogens is 1. The van der Waals surface area contributed by atoms with Gasteiger partial charge >= 0.3 is 0 Å². The zero-order chi connectivity index (χ0) is 18.2. The minimum absolute atomic E-state index is 0.107. The van der Waals surface area contributed by atoms with Gasteiger partial charge in [-0.05, 0) is 73.8 Å². The van der Waals surface area contributed by atoms with E-state index in [1.807, 2.05) is 6.07 Å².